The minimum absolute atomic E-state index is 0.114. The SMILES string of the molecule is CCOC(=O)c1ccc(NC(=O)CCc2c(C)c3cc4c(C)c(C)oc4cc3oc2=O)cc1. The second-order valence-electron chi connectivity index (χ2n) is 7.97. The Kier molecular flexibility index (Phi) is 6.05. The van der Waals surface area contributed by atoms with Crippen molar-refractivity contribution in [3.8, 4) is 0 Å². The lowest BCUT2D eigenvalue weighted by Gasteiger charge is -2.09. The summed E-state index contributed by atoms with van der Waals surface area (Å²) in [4.78, 5) is 36.8. The van der Waals surface area contributed by atoms with Gasteiger partial charge in [0, 0.05) is 34.5 Å². The molecule has 4 aromatic rings. The summed E-state index contributed by atoms with van der Waals surface area (Å²) in [5.41, 5.74) is 3.99. The van der Waals surface area contributed by atoms with Crippen molar-refractivity contribution in [3.63, 3.8) is 0 Å². The van der Waals surface area contributed by atoms with Crippen LogP contribution >= 0.6 is 0 Å². The van der Waals surface area contributed by atoms with Crippen molar-refractivity contribution < 1.29 is 23.2 Å². The lowest BCUT2D eigenvalue weighted by Crippen LogP contribution is -2.16. The summed E-state index contributed by atoms with van der Waals surface area (Å²) in [5, 5.41) is 4.59. The van der Waals surface area contributed by atoms with Gasteiger partial charge in [-0.3, -0.25) is 4.79 Å². The molecule has 0 atom stereocenters. The zero-order chi connectivity index (χ0) is 23.7. The van der Waals surface area contributed by atoms with Crippen molar-refractivity contribution >= 4 is 39.5 Å². The van der Waals surface area contributed by atoms with Gasteiger partial charge in [0.1, 0.15) is 16.9 Å². The number of carbonyl (C=O) groups excluding carboxylic acids is 2. The smallest absolute Gasteiger partial charge is 0.339 e. The van der Waals surface area contributed by atoms with Gasteiger partial charge in [-0.2, -0.15) is 0 Å². The highest BCUT2D eigenvalue weighted by Gasteiger charge is 2.16. The summed E-state index contributed by atoms with van der Waals surface area (Å²) in [7, 11) is 0. The molecule has 0 fully saturated rings. The van der Waals surface area contributed by atoms with Crippen LogP contribution < -0.4 is 10.9 Å². The fourth-order valence-corrected chi connectivity index (χ4v) is 3.88. The molecule has 2 heterocycles. The van der Waals surface area contributed by atoms with Gasteiger partial charge in [-0.15, -0.1) is 0 Å². The number of benzene rings is 2. The third-order valence-corrected chi connectivity index (χ3v) is 5.86. The van der Waals surface area contributed by atoms with Gasteiger partial charge in [-0.25, -0.2) is 9.59 Å². The number of hydrogen-bond acceptors (Lipinski definition) is 6. The lowest BCUT2D eigenvalue weighted by molar-refractivity contribution is -0.116. The molecular formula is C26H25NO6. The molecule has 2 aromatic heterocycles. The maximum absolute atomic E-state index is 12.6. The molecular weight excluding hydrogens is 422 g/mol. The Morgan fingerprint density at radius 3 is 2.30 bits per heavy atom. The summed E-state index contributed by atoms with van der Waals surface area (Å²) < 4.78 is 16.2. The van der Waals surface area contributed by atoms with Crippen molar-refractivity contribution in [2.75, 3.05) is 11.9 Å². The first kappa shape index (κ1) is 22.3. The molecule has 7 heteroatoms. The van der Waals surface area contributed by atoms with Gasteiger partial charge in [0.15, 0.2) is 0 Å². The molecule has 0 radical (unpaired) electrons. The predicted molar refractivity (Wildman–Crippen MR) is 126 cm³/mol. The molecule has 0 saturated heterocycles. The normalized spacial score (nSPS) is 11.2. The third-order valence-electron chi connectivity index (χ3n) is 5.86. The van der Waals surface area contributed by atoms with E-state index in [1.54, 1.807) is 37.3 Å². The third kappa shape index (κ3) is 4.39. The van der Waals surface area contributed by atoms with Crippen LogP contribution in [0.1, 0.15) is 46.2 Å². The van der Waals surface area contributed by atoms with E-state index in [2.05, 4.69) is 5.32 Å². The minimum atomic E-state index is -0.453. The molecule has 0 aliphatic carbocycles. The number of fused-ring (bicyclic) bond motifs is 2. The zero-order valence-corrected chi connectivity index (χ0v) is 19.0. The number of aryl methyl sites for hydroxylation is 3. The Morgan fingerprint density at radius 1 is 0.939 bits per heavy atom. The van der Waals surface area contributed by atoms with E-state index in [0.717, 1.165) is 27.7 Å². The van der Waals surface area contributed by atoms with E-state index < -0.39 is 11.6 Å². The first-order valence-corrected chi connectivity index (χ1v) is 10.8. The topological polar surface area (TPSA) is 98.8 Å². The van der Waals surface area contributed by atoms with Gasteiger partial charge >= 0.3 is 11.6 Å². The highest BCUT2D eigenvalue weighted by atomic mass is 16.5. The molecule has 1 amide bonds. The minimum Gasteiger partial charge on any atom is -0.462 e. The van der Waals surface area contributed by atoms with E-state index >= 15 is 0 Å². The Balaban J connectivity index is 1.51. The summed E-state index contributed by atoms with van der Waals surface area (Å²) in [6.45, 7) is 7.80. The lowest BCUT2D eigenvalue weighted by atomic mass is 10.0. The van der Waals surface area contributed by atoms with Crippen molar-refractivity contribution in [1.29, 1.82) is 0 Å². The molecule has 170 valence electrons. The van der Waals surface area contributed by atoms with E-state index in [4.69, 9.17) is 13.6 Å². The van der Waals surface area contributed by atoms with Crippen LogP contribution in [0.5, 0.6) is 0 Å². The van der Waals surface area contributed by atoms with Gasteiger partial charge in [-0.05, 0) is 75.6 Å². The van der Waals surface area contributed by atoms with E-state index in [1.165, 1.54) is 0 Å². The van der Waals surface area contributed by atoms with E-state index in [0.29, 0.717) is 34.6 Å². The van der Waals surface area contributed by atoms with Crippen LogP contribution in [-0.2, 0) is 16.0 Å². The largest absolute Gasteiger partial charge is 0.462 e. The van der Waals surface area contributed by atoms with Crippen LogP contribution in [0.4, 0.5) is 5.69 Å². The fourth-order valence-electron chi connectivity index (χ4n) is 3.88. The van der Waals surface area contributed by atoms with Crippen molar-refractivity contribution in [2.24, 2.45) is 0 Å². The van der Waals surface area contributed by atoms with E-state index in [1.807, 2.05) is 26.8 Å². The maximum Gasteiger partial charge on any atom is 0.339 e. The second-order valence-corrected chi connectivity index (χ2v) is 7.97. The molecule has 1 N–H and O–H groups in total. The number of hydrogen-bond donors (Lipinski definition) is 1. The Hall–Kier alpha value is -3.87. The van der Waals surface area contributed by atoms with Crippen molar-refractivity contribution in [2.45, 2.75) is 40.5 Å². The molecule has 2 aromatic carbocycles. The van der Waals surface area contributed by atoms with Gasteiger partial charge in [0.25, 0.3) is 0 Å². The van der Waals surface area contributed by atoms with Gasteiger partial charge in [0.05, 0.1) is 12.2 Å². The number of carbonyl (C=O) groups is 2. The van der Waals surface area contributed by atoms with Gasteiger partial charge in [-0.1, -0.05) is 0 Å². The van der Waals surface area contributed by atoms with Crippen LogP contribution in [0.15, 0.2) is 50.0 Å². The zero-order valence-electron chi connectivity index (χ0n) is 19.0. The fraction of sp³-hybridized carbons (Fsp3) is 0.269. The first-order chi connectivity index (χ1) is 15.8. The highest BCUT2D eigenvalue weighted by molar-refractivity contribution is 5.97. The molecule has 0 aliphatic heterocycles. The number of rotatable bonds is 6. The number of furan rings is 1. The number of nitrogens with one attached hydrogen (secondary N) is 1. The molecule has 33 heavy (non-hydrogen) atoms. The number of esters is 1. The standard InChI is InChI=1S/C26H25NO6/c1-5-31-25(29)17-6-8-18(9-7-17)27-24(28)11-10-19-15(3)21-12-20-14(2)16(4)32-22(20)13-23(21)33-26(19)30/h6-9,12-13H,5,10-11H2,1-4H3,(H,27,28). The van der Waals surface area contributed by atoms with Crippen molar-refractivity contribution in [3.05, 3.63) is 74.8 Å². The summed E-state index contributed by atoms with van der Waals surface area (Å²) >= 11 is 0. The Bertz CT molecular complexity index is 1430. The van der Waals surface area contributed by atoms with Gasteiger partial charge in [0.2, 0.25) is 5.91 Å². The molecule has 0 bridgehead atoms. The number of ether oxygens (including phenoxy) is 1. The van der Waals surface area contributed by atoms with Crippen LogP contribution in [-0.4, -0.2) is 18.5 Å². The average molecular weight is 447 g/mol. The molecule has 0 aliphatic rings. The van der Waals surface area contributed by atoms with Crippen molar-refractivity contribution in [1.82, 2.24) is 0 Å². The molecule has 4 rings (SSSR count). The summed E-state index contributed by atoms with van der Waals surface area (Å²) in [6.07, 6.45) is 0.362. The van der Waals surface area contributed by atoms with Gasteiger partial charge < -0.3 is 18.9 Å². The Labute approximate surface area is 190 Å². The summed E-state index contributed by atoms with van der Waals surface area (Å²) in [6, 6.07) is 10.2. The molecule has 7 nitrogen and oxygen atoms in total. The second kappa shape index (κ2) is 8.94. The summed E-state index contributed by atoms with van der Waals surface area (Å²) in [5.74, 6) is 0.175. The quantitative estimate of drug-likeness (QED) is 0.322. The van der Waals surface area contributed by atoms with Crippen LogP contribution in [0.25, 0.3) is 21.9 Å². The molecule has 0 unspecified atom stereocenters. The maximum atomic E-state index is 12.6. The van der Waals surface area contributed by atoms with E-state index in [9.17, 15) is 14.4 Å². The molecule has 0 spiro atoms. The van der Waals surface area contributed by atoms with Crippen LogP contribution in [0, 0.1) is 20.8 Å². The van der Waals surface area contributed by atoms with Crippen LogP contribution in [0.3, 0.4) is 0 Å². The van der Waals surface area contributed by atoms with E-state index in [-0.39, 0.29) is 18.7 Å². The average Bonchev–Trinajstić information content (AvgIpc) is 3.06. The monoisotopic (exact) mass is 447 g/mol. The number of amides is 1. The predicted octanol–water partition coefficient (Wildman–Crippen LogP) is 5.21. The molecule has 0 saturated carbocycles. The van der Waals surface area contributed by atoms with Crippen LogP contribution in [0.2, 0.25) is 0 Å². The Morgan fingerprint density at radius 2 is 1.61 bits per heavy atom. The first-order valence-electron chi connectivity index (χ1n) is 10.8. The number of anilines is 1. The highest BCUT2D eigenvalue weighted by Crippen LogP contribution is 2.31.